The van der Waals surface area contributed by atoms with Crippen LogP contribution in [0.2, 0.25) is 0 Å². The van der Waals surface area contributed by atoms with Gasteiger partial charge in [-0.15, -0.1) is 0 Å². The van der Waals surface area contributed by atoms with Gasteiger partial charge in [0, 0.05) is 40.9 Å². The number of nitrogens with two attached hydrogens (primary N) is 1. The number of fused-ring (bicyclic) bond motifs is 1. The van der Waals surface area contributed by atoms with Crippen LogP contribution in [0, 0.1) is 5.41 Å². The van der Waals surface area contributed by atoms with Gasteiger partial charge in [0.25, 0.3) is 0 Å². The van der Waals surface area contributed by atoms with Crippen molar-refractivity contribution in [2.24, 2.45) is 0 Å². The van der Waals surface area contributed by atoms with E-state index in [0.29, 0.717) is 11.4 Å². The molecule has 2 aromatic carbocycles. The van der Waals surface area contributed by atoms with E-state index in [1.54, 1.807) is 6.08 Å². The fourth-order valence-corrected chi connectivity index (χ4v) is 4.34. The van der Waals surface area contributed by atoms with Crippen LogP contribution in [-0.2, 0) is 0 Å². The number of hydrogen-bond acceptors (Lipinski definition) is 3. The van der Waals surface area contributed by atoms with E-state index in [0.717, 1.165) is 41.0 Å². The van der Waals surface area contributed by atoms with Crippen LogP contribution in [0.3, 0.4) is 0 Å². The molecular formula is C27H30N4. The number of anilines is 2. The van der Waals surface area contributed by atoms with E-state index >= 15 is 0 Å². The third-order valence-corrected chi connectivity index (χ3v) is 5.91. The average Bonchev–Trinajstić information content (AvgIpc) is 3.24. The molecule has 1 saturated heterocycles. The number of piperidine rings is 1. The minimum Gasteiger partial charge on any atom is -0.398 e. The fraction of sp³-hybridized carbons (Fsp3) is 0.222. The summed E-state index contributed by atoms with van der Waals surface area (Å²) in [7, 11) is 0. The molecule has 4 N–H and O–H groups in total. The van der Waals surface area contributed by atoms with Crippen molar-refractivity contribution in [2.75, 3.05) is 23.7 Å². The SMILES string of the molecule is C=C/C=C(\C=C/C)c1ccc(N)c(C(=N)c2cc3c(N4CCCCC4)cccc3[nH]2)c1. The highest BCUT2D eigenvalue weighted by molar-refractivity contribution is 6.15. The van der Waals surface area contributed by atoms with Crippen LogP contribution in [0.15, 0.2) is 73.3 Å². The molecule has 1 aliphatic rings. The van der Waals surface area contributed by atoms with E-state index < -0.39 is 0 Å². The minimum atomic E-state index is 0.401. The monoisotopic (exact) mass is 410 g/mol. The molecule has 0 bridgehead atoms. The number of rotatable bonds is 6. The van der Waals surface area contributed by atoms with Gasteiger partial charge >= 0.3 is 0 Å². The van der Waals surface area contributed by atoms with Crippen LogP contribution in [0.25, 0.3) is 16.5 Å². The maximum absolute atomic E-state index is 8.92. The number of aromatic nitrogens is 1. The Kier molecular flexibility index (Phi) is 6.08. The summed E-state index contributed by atoms with van der Waals surface area (Å²) >= 11 is 0. The normalized spacial score (nSPS) is 15.0. The highest BCUT2D eigenvalue weighted by Crippen LogP contribution is 2.31. The molecule has 0 unspecified atom stereocenters. The molecule has 0 atom stereocenters. The third kappa shape index (κ3) is 4.19. The maximum Gasteiger partial charge on any atom is 0.0868 e. The Morgan fingerprint density at radius 2 is 1.94 bits per heavy atom. The predicted octanol–water partition coefficient (Wildman–Crippen LogP) is 6.30. The molecule has 1 fully saturated rings. The largest absolute Gasteiger partial charge is 0.398 e. The van der Waals surface area contributed by atoms with E-state index in [4.69, 9.17) is 11.1 Å². The molecule has 4 nitrogen and oxygen atoms in total. The van der Waals surface area contributed by atoms with Crippen LogP contribution in [0.5, 0.6) is 0 Å². The quantitative estimate of drug-likeness (QED) is 0.253. The van der Waals surface area contributed by atoms with Crippen molar-refractivity contribution >= 4 is 33.6 Å². The van der Waals surface area contributed by atoms with Gasteiger partial charge in [0.15, 0.2) is 0 Å². The first-order valence-corrected chi connectivity index (χ1v) is 10.9. The van der Waals surface area contributed by atoms with E-state index in [2.05, 4.69) is 40.7 Å². The zero-order chi connectivity index (χ0) is 21.8. The molecule has 2 heterocycles. The van der Waals surface area contributed by atoms with E-state index in [-0.39, 0.29) is 0 Å². The maximum atomic E-state index is 8.92. The number of nitrogens with zero attached hydrogens (tertiary/aromatic N) is 1. The van der Waals surface area contributed by atoms with Crippen molar-refractivity contribution < 1.29 is 0 Å². The zero-order valence-electron chi connectivity index (χ0n) is 18.1. The second kappa shape index (κ2) is 9.09. The van der Waals surface area contributed by atoms with Crippen molar-refractivity contribution in [2.45, 2.75) is 26.2 Å². The van der Waals surface area contributed by atoms with Crippen LogP contribution >= 0.6 is 0 Å². The van der Waals surface area contributed by atoms with Crippen LogP contribution in [-0.4, -0.2) is 23.8 Å². The molecule has 0 aliphatic carbocycles. The molecule has 0 saturated carbocycles. The number of allylic oxidation sites excluding steroid dienone is 5. The molecule has 0 amide bonds. The molecule has 1 aromatic heterocycles. The first kappa shape index (κ1) is 20.7. The Bertz CT molecular complexity index is 1170. The lowest BCUT2D eigenvalue weighted by Gasteiger charge is -2.29. The molecule has 3 aromatic rings. The molecule has 1 aliphatic heterocycles. The van der Waals surface area contributed by atoms with Gasteiger partial charge in [-0.2, -0.15) is 0 Å². The summed E-state index contributed by atoms with van der Waals surface area (Å²) < 4.78 is 0. The second-order valence-corrected chi connectivity index (χ2v) is 8.00. The topological polar surface area (TPSA) is 68.9 Å². The number of aromatic amines is 1. The third-order valence-electron chi connectivity index (χ3n) is 5.91. The summed E-state index contributed by atoms with van der Waals surface area (Å²) in [5.41, 5.74) is 13.2. The zero-order valence-corrected chi connectivity index (χ0v) is 18.1. The Hall–Kier alpha value is -3.53. The Morgan fingerprint density at radius 3 is 2.68 bits per heavy atom. The standard InChI is InChI=1S/C27H30N4/c1-3-9-19(10-4-2)20-13-14-23(28)21(17-20)27(29)25-18-22-24(30-25)11-8-12-26(22)31-15-6-5-7-16-31/h3-4,8-14,17-18,29-30H,1,5-7,15-16,28H2,2H3/b10-4-,19-9+,29-27?. The number of nitrogen functional groups attached to an aromatic ring is 1. The lowest BCUT2D eigenvalue weighted by molar-refractivity contribution is 0.579. The van der Waals surface area contributed by atoms with Gasteiger partial charge in [-0.25, -0.2) is 0 Å². The highest BCUT2D eigenvalue weighted by atomic mass is 15.1. The molecule has 4 heteroatoms. The minimum absolute atomic E-state index is 0.401. The summed E-state index contributed by atoms with van der Waals surface area (Å²) in [6.45, 7) is 7.99. The Labute approximate surface area is 184 Å². The van der Waals surface area contributed by atoms with Gasteiger partial charge in [-0.1, -0.05) is 43.0 Å². The molecule has 158 valence electrons. The predicted molar refractivity (Wildman–Crippen MR) is 134 cm³/mol. The number of benzene rings is 2. The smallest absolute Gasteiger partial charge is 0.0868 e. The fourth-order valence-electron chi connectivity index (χ4n) is 4.34. The molecule has 0 radical (unpaired) electrons. The van der Waals surface area contributed by atoms with Gasteiger partial charge in [-0.3, -0.25) is 5.41 Å². The van der Waals surface area contributed by atoms with Gasteiger partial charge in [0.2, 0.25) is 0 Å². The van der Waals surface area contributed by atoms with Crippen LogP contribution in [0.1, 0.15) is 43.0 Å². The first-order valence-electron chi connectivity index (χ1n) is 10.9. The van der Waals surface area contributed by atoms with Gasteiger partial charge in [-0.05, 0) is 67.7 Å². The summed E-state index contributed by atoms with van der Waals surface area (Å²) in [5.74, 6) is 0. The summed E-state index contributed by atoms with van der Waals surface area (Å²) in [6.07, 6.45) is 11.5. The van der Waals surface area contributed by atoms with Gasteiger partial charge in [0.1, 0.15) is 0 Å². The highest BCUT2D eigenvalue weighted by Gasteiger charge is 2.17. The molecular weight excluding hydrogens is 380 g/mol. The van der Waals surface area contributed by atoms with Crippen molar-refractivity contribution in [1.29, 1.82) is 5.41 Å². The molecule has 0 spiro atoms. The van der Waals surface area contributed by atoms with Crippen molar-refractivity contribution in [1.82, 2.24) is 4.98 Å². The van der Waals surface area contributed by atoms with Crippen LogP contribution < -0.4 is 10.6 Å². The summed E-state index contributed by atoms with van der Waals surface area (Å²) in [5, 5.41) is 10.1. The van der Waals surface area contributed by atoms with E-state index in [1.165, 1.54) is 30.3 Å². The van der Waals surface area contributed by atoms with Gasteiger partial charge in [0.05, 0.1) is 11.4 Å². The summed E-state index contributed by atoms with van der Waals surface area (Å²) in [4.78, 5) is 5.91. The molecule has 4 rings (SSSR count). The van der Waals surface area contributed by atoms with Crippen molar-refractivity contribution in [3.8, 4) is 0 Å². The number of nitrogens with one attached hydrogen (secondary N) is 2. The van der Waals surface area contributed by atoms with E-state index in [1.807, 2.05) is 43.4 Å². The Balaban J connectivity index is 1.74. The second-order valence-electron chi connectivity index (χ2n) is 8.00. The van der Waals surface area contributed by atoms with E-state index in [9.17, 15) is 0 Å². The first-order chi connectivity index (χ1) is 15.1. The Morgan fingerprint density at radius 1 is 1.13 bits per heavy atom. The van der Waals surface area contributed by atoms with Crippen molar-refractivity contribution in [3.05, 3.63) is 90.2 Å². The number of H-pyrrole nitrogens is 1. The molecule has 31 heavy (non-hydrogen) atoms. The van der Waals surface area contributed by atoms with Crippen molar-refractivity contribution in [3.63, 3.8) is 0 Å². The van der Waals surface area contributed by atoms with Crippen LogP contribution in [0.4, 0.5) is 11.4 Å². The number of hydrogen-bond donors (Lipinski definition) is 3. The average molecular weight is 411 g/mol. The lowest BCUT2D eigenvalue weighted by atomic mass is 9.97. The summed E-state index contributed by atoms with van der Waals surface area (Å²) in [6, 6.07) is 14.3. The van der Waals surface area contributed by atoms with Gasteiger partial charge < -0.3 is 15.6 Å². The lowest BCUT2D eigenvalue weighted by Crippen LogP contribution is -2.29.